The van der Waals surface area contributed by atoms with E-state index < -0.39 is 17.9 Å². The largest absolute Gasteiger partial charge is 0.480 e. The molecule has 80 valence electrons. The Morgan fingerprint density at radius 2 is 2.29 bits per heavy atom. The van der Waals surface area contributed by atoms with Crippen LogP contribution in [0.4, 0.5) is 0 Å². The lowest BCUT2D eigenvalue weighted by Gasteiger charge is -2.17. The molecule has 3 unspecified atom stereocenters. The van der Waals surface area contributed by atoms with E-state index in [9.17, 15) is 9.59 Å². The molecule has 5 nitrogen and oxygen atoms in total. The zero-order chi connectivity index (χ0) is 10.7. The van der Waals surface area contributed by atoms with Crippen LogP contribution in [-0.4, -0.2) is 29.1 Å². The number of rotatable bonds is 2. The first-order chi connectivity index (χ1) is 6.52. The second-order valence-corrected chi connectivity index (χ2v) is 3.81. The maximum absolute atomic E-state index is 11.5. The Hall–Kier alpha value is -1.10. The molecule has 4 N–H and O–H groups in total. The average Bonchev–Trinajstić information content (AvgIpc) is 2.25. The molecule has 0 saturated carbocycles. The second kappa shape index (κ2) is 4.41. The van der Waals surface area contributed by atoms with Crippen molar-refractivity contribution in [1.82, 2.24) is 5.32 Å². The Morgan fingerprint density at radius 3 is 2.86 bits per heavy atom. The monoisotopic (exact) mass is 200 g/mol. The van der Waals surface area contributed by atoms with Crippen LogP contribution < -0.4 is 11.1 Å². The molecule has 3 atom stereocenters. The first-order valence-electron chi connectivity index (χ1n) is 4.81. The van der Waals surface area contributed by atoms with Gasteiger partial charge in [-0.15, -0.1) is 0 Å². The summed E-state index contributed by atoms with van der Waals surface area (Å²) in [4.78, 5) is 22.1. The lowest BCUT2D eigenvalue weighted by Crippen LogP contribution is -2.46. The van der Waals surface area contributed by atoms with Crippen LogP contribution in [-0.2, 0) is 9.59 Å². The van der Waals surface area contributed by atoms with Crippen molar-refractivity contribution in [3.63, 3.8) is 0 Å². The van der Waals surface area contributed by atoms with Crippen LogP contribution >= 0.6 is 0 Å². The van der Waals surface area contributed by atoms with Crippen LogP contribution in [0.25, 0.3) is 0 Å². The summed E-state index contributed by atoms with van der Waals surface area (Å²) in [5.41, 5.74) is 5.44. The zero-order valence-electron chi connectivity index (χ0n) is 8.19. The number of carbonyl (C=O) groups is 2. The summed E-state index contributed by atoms with van der Waals surface area (Å²) in [5, 5.41) is 11.5. The molecule has 0 aromatic rings. The number of nitrogens with one attached hydrogen (secondary N) is 1. The van der Waals surface area contributed by atoms with Gasteiger partial charge in [0.1, 0.15) is 6.04 Å². The maximum atomic E-state index is 11.5. The predicted octanol–water partition coefficient (Wildman–Crippen LogP) is -0.297. The van der Waals surface area contributed by atoms with Crippen molar-refractivity contribution in [3.05, 3.63) is 0 Å². The molecule has 0 spiro atoms. The fourth-order valence-corrected chi connectivity index (χ4v) is 1.71. The Balaban J connectivity index is 2.68. The summed E-state index contributed by atoms with van der Waals surface area (Å²) >= 11 is 0. The molecular formula is C9H16N2O3. The highest BCUT2D eigenvalue weighted by atomic mass is 16.4. The Bertz CT molecular complexity index is 242. The van der Waals surface area contributed by atoms with E-state index >= 15 is 0 Å². The maximum Gasteiger partial charge on any atom is 0.321 e. The summed E-state index contributed by atoms with van der Waals surface area (Å²) in [6.45, 7) is 1.91. The van der Waals surface area contributed by atoms with Crippen LogP contribution in [0.5, 0.6) is 0 Å². The van der Waals surface area contributed by atoms with Gasteiger partial charge in [-0.1, -0.05) is 6.42 Å². The highest BCUT2D eigenvalue weighted by Gasteiger charge is 2.32. The van der Waals surface area contributed by atoms with E-state index in [0.717, 1.165) is 12.8 Å². The van der Waals surface area contributed by atoms with Crippen molar-refractivity contribution in [1.29, 1.82) is 0 Å². The minimum absolute atomic E-state index is 0.119. The molecule has 5 heteroatoms. The lowest BCUT2D eigenvalue weighted by molar-refractivity contribution is -0.143. The summed E-state index contributed by atoms with van der Waals surface area (Å²) in [6.07, 6.45) is 2.28. The summed E-state index contributed by atoms with van der Waals surface area (Å²) in [5.74, 6) is -1.93. The van der Waals surface area contributed by atoms with Gasteiger partial charge in [-0.3, -0.25) is 9.59 Å². The molecule has 1 aliphatic rings. The van der Waals surface area contributed by atoms with Crippen molar-refractivity contribution >= 4 is 11.9 Å². The third kappa shape index (κ3) is 2.45. The van der Waals surface area contributed by atoms with Crippen LogP contribution in [0.15, 0.2) is 0 Å². The van der Waals surface area contributed by atoms with Gasteiger partial charge >= 0.3 is 5.97 Å². The molecule has 1 aliphatic heterocycles. The first kappa shape index (κ1) is 11.0. The van der Waals surface area contributed by atoms with E-state index in [-0.39, 0.29) is 11.9 Å². The zero-order valence-corrected chi connectivity index (χ0v) is 8.19. The Kier molecular flexibility index (Phi) is 3.46. The molecule has 0 bridgehead atoms. The van der Waals surface area contributed by atoms with Gasteiger partial charge < -0.3 is 16.2 Å². The molecule has 14 heavy (non-hydrogen) atoms. The van der Waals surface area contributed by atoms with E-state index in [1.807, 2.05) is 6.92 Å². The average molecular weight is 200 g/mol. The third-order valence-electron chi connectivity index (χ3n) is 2.60. The second-order valence-electron chi connectivity index (χ2n) is 3.81. The van der Waals surface area contributed by atoms with Crippen LogP contribution in [0.3, 0.4) is 0 Å². The number of aliphatic carboxylic acids is 1. The number of hydrogen-bond acceptors (Lipinski definition) is 3. The first-order valence-corrected chi connectivity index (χ1v) is 4.81. The number of carbonyl (C=O) groups excluding carboxylic acids is 1. The smallest absolute Gasteiger partial charge is 0.321 e. The van der Waals surface area contributed by atoms with E-state index in [1.165, 1.54) is 0 Å². The van der Waals surface area contributed by atoms with Gasteiger partial charge in [-0.05, 0) is 19.8 Å². The molecule has 1 amide bonds. The minimum atomic E-state index is -1.11. The van der Waals surface area contributed by atoms with Gasteiger partial charge in [-0.25, -0.2) is 0 Å². The molecule has 1 fully saturated rings. The van der Waals surface area contributed by atoms with E-state index in [4.69, 9.17) is 10.8 Å². The van der Waals surface area contributed by atoms with Crippen molar-refractivity contribution in [2.45, 2.75) is 38.3 Å². The standard InChI is InChI=1S/C9H16N2O3/c1-5-3-2-4-6(8(12)11-5)7(10)9(13)14/h5-7H,2-4,10H2,1H3,(H,11,12)(H,13,14). The number of hydrogen-bond donors (Lipinski definition) is 3. The van der Waals surface area contributed by atoms with Gasteiger partial charge in [0.15, 0.2) is 0 Å². The van der Waals surface area contributed by atoms with Gasteiger partial charge in [-0.2, -0.15) is 0 Å². The third-order valence-corrected chi connectivity index (χ3v) is 2.60. The summed E-state index contributed by atoms with van der Waals surface area (Å²) in [6, 6.07) is -0.964. The highest BCUT2D eigenvalue weighted by molar-refractivity contribution is 5.86. The van der Waals surface area contributed by atoms with Gasteiger partial charge in [0.2, 0.25) is 5.91 Å². The van der Waals surface area contributed by atoms with E-state index in [0.29, 0.717) is 6.42 Å². The topological polar surface area (TPSA) is 92.4 Å². The fourth-order valence-electron chi connectivity index (χ4n) is 1.71. The molecule has 1 rings (SSSR count). The predicted molar refractivity (Wildman–Crippen MR) is 50.6 cm³/mol. The van der Waals surface area contributed by atoms with Crippen LogP contribution in [0.2, 0.25) is 0 Å². The molecular weight excluding hydrogens is 184 g/mol. The van der Waals surface area contributed by atoms with Crippen molar-refractivity contribution < 1.29 is 14.7 Å². The Labute approximate surface area is 82.7 Å². The molecule has 0 aromatic heterocycles. The summed E-state index contributed by atoms with van der Waals surface area (Å²) in [7, 11) is 0. The molecule has 0 radical (unpaired) electrons. The highest BCUT2D eigenvalue weighted by Crippen LogP contribution is 2.17. The lowest BCUT2D eigenvalue weighted by atomic mass is 9.95. The number of nitrogens with two attached hydrogens (primary N) is 1. The van der Waals surface area contributed by atoms with Crippen molar-refractivity contribution in [3.8, 4) is 0 Å². The number of carboxylic acids is 1. The van der Waals surface area contributed by atoms with E-state index in [1.54, 1.807) is 0 Å². The van der Waals surface area contributed by atoms with Gasteiger partial charge in [0, 0.05) is 6.04 Å². The number of amides is 1. The van der Waals surface area contributed by atoms with Gasteiger partial charge in [0.25, 0.3) is 0 Å². The Morgan fingerprint density at radius 1 is 1.64 bits per heavy atom. The molecule has 1 saturated heterocycles. The van der Waals surface area contributed by atoms with Gasteiger partial charge in [0.05, 0.1) is 5.92 Å². The number of carboxylic acid groups (broad SMARTS) is 1. The molecule has 0 aromatic carbocycles. The SMILES string of the molecule is CC1CCCC(C(N)C(=O)O)C(=O)N1. The van der Waals surface area contributed by atoms with Crippen molar-refractivity contribution in [2.75, 3.05) is 0 Å². The normalized spacial score (nSPS) is 30.3. The molecule has 0 aliphatic carbocycles. The minimum Gasteiger partial charge on any atom is -0.480 e. The van der Waals surface area contributed by atoms with E-state index in [2.05, 4.69) is 5.32 Å². The van der Waals surface area contributed by atoms with Crippen molar-refractivity contribution in [2.24, 2.45) is 11.7 Å². The fraction of sp³-hybridized carbons (Fsp3) is 0.778. The van der Waals surface area contributed by atoms with Crippen LogP contribution in [0.1, 0.15) is 26.2 Å². The molecule has 1 heterocycles. The van der Waals surface area contributed by atoms with Crippen LogP contribution in [0, 0.1) is 5.92 Å². The summed E-state index contributed by atoms with van der Waals surface area (Å²) < 4.78 is 0. The quantitative estimate of drug-likeness (QED) is 0.570.